The molecule has 1 saturated heterocycles. The van der Waals surface area contributed by atoms with Crippen LogP contribution in [0, 0.1) is 24.8 Å². The molecule has 2 aromatic heterocycles. The summed E-state index contributed by atoms with van der Waals surface area (Å²) >= 11 is 0. The Balaban J connectivity index is 1.70. The second kappa shape index (κ2) is 8.22. The minimum atomic E-state index is -0.336. The van der Waals surface area contributed by atoms with Crippen molar-refractivity contribution in [3.05, 3.63) is 74.9 Å². The first kappa shape index (κ1) is 20.6. The molecule has 1 aliphatic heterocycles. The molecule has 1 aliphatic rings. The third-order valence-corrected chi connectivity index (χ3v) is 6.01. The summed E-state index contributed by atoms with van der Waals surface area (Å²) in [5.41, 5.74) is 3.97. The minimum absolute atomic E-state index is 0.0869. The Morgan fingerprint density at radius 1 is 1.23 bits per heavy atom. The van der Waals surface area contributed by atoms with Gasteiger partial charge in [-0.05, 0) is 31.5 Å². The van der Waals surface area contributed by atoms with Crippen molar-refractivity contribution in [3.63, 3.8) is 0 Å². The maximum absolute atomic E-state index is 12.9. The predicted molar refractivity (Wildman–Crippen MR) is 121 cm³/mol. The third-order valence-electron chi connectivity index (χ3n) is 6.01. The number of pyridine rings is 2. The fourth-order valence-corrected chi connectivity index (χ4v) is 4.22. The average Bonchev–Trinajstić information content (AvgIpc) is 2.78. The molecule has 0 bridgehead atoms. The molecule has 0 aliphatic carbocycles. The maximum atomic E-state index is 12.9. The lowest BCUT2D eigenvalue weighted by Gasteiger charge is -2.41. The van der Waals surface area contributed by atoms with Crippen molar-refractivity contribution in [1.29, 1.82) is 5.26 Å². The predicted octanol–water partition coefficient (Wildman–Crippen LogP) is 3.38. The summed E-state index contributed by atoms with van der Waals surface area (Å²) in [7, 11) is 1.64. The highest BCUT2D eigenvalue weighted by Crippen LogP contribution is 2.30. The van der Waals surface area contributed by atoms with Crippen LogP contribution in [0.5, 0.6) is 0 Å². The molecular weight excluding hydrogens is 388 g/mol. The molecule has 0 radical (unpaired) electrons. The molecule has 0 unspecified atom stereocenters. The van der Waals surface area contributed by atoms with E-state index < -0.39 is 0 Å². The van der Waals surface area contributed by atoms with Crippen LogP contribution in [0.15, 0.2) is 41.2 Å². The number of nitriles is 1. The second-order valence-corrected chi connectivity index (χ2v) is 8.10. The van der Waals surface area contributed by atoms with E-state index in [1.54, 1.807) is 19.2 Å². The van der Waals surface area contributed by atoms with Crippen molar-refractivity contribution in [2.75, 3.05) is 24.5 Å². The molecular formula is C24H24N6O. The van der Waals surface area contributed by atoms with Gasteiger partial charge in [0, 0.05) is 39.3 Å². The Labute approximate surface area is 181 Å². The number of aryl methyl sites for hydroxylation is 2. The third kappa shape index (κ3) is 3.76. The van der Waals surface area contributed by atoms with Gasteiger partial charge < -0.3 is 14.3 Å². The Kier molecular flexibility index (Phi) is 5.46. The van der Waals surface area contributed by atoms with Gasteiger partial charge in [0.15, 0.2) is 0 Å². The molecule has 0 amide bonds. The van der Waals surface area contributed by atoms with Gasteiger partial charge in [0.2, 0.25) is 5.52 Å². The van der Waals surface area contributed by atoms with Crippen molar-refractivity contribution in [2.24, 2.45) is 7.05 Å². The number of hydrogen-bond acceptors (Lipinski definition) is 5. The van der Waals surface area contributed by atoms with E-state index in [2.05, 4.69) is 63.8 Å². The molecule has 1 atom stereocenters. The van der Waals surface area contributed by atoms with Crippen molar-refractivity contribution in [2.45, 2.75) is 26.4 Å². The van der Waals surface area contributed by atoms with Gasteiger partial charge in [0.1, 0.15) is 17.3 Å². The largest absolute Gasteiger partial charge is 0.364 e. The molecule has 1 fully saturated rings. The number of anilines is 1. The fourth-order valence-electron chi connectivity index (χ4n) is 4.22. The molecule has 4 rings (SSSR count). The fraction of sp³-hybridized carbons (Fsp3) is 0.333. The maximum Gasteiger partial charge on any atom is 0.271 e. The lowest BCUT2D eigenvalue weighted by molar-refractivity contribution is 0.181. The summed E-state index contributed by atoms with van der Waals surface area (Å²) in [6.07, 6.45) is 0. The zero-order chi connectivity index (χ0) is 22.1. The first-order valence-electron chi connectivity index (χ1n) is 10.3. The molecule has 7 heteroatoms. The van der Waals surface area contributed by atoms with Crippen LogP contribution in [0.1, 0.15) is 23.6 Å². The monoisotopic (exact) mass is 412 g/mol. The van der Waals surface area contributed by atoms with Gasteiger partial charge in [0.05, 0.1) is 5.52 Å². The smallest absolute Gasteiger partial charge is 0.271 e. The van der Waals surface area contributed by atoms with Crippen molar-refractivity contribution >= 4 is 22.5 Å². The van der Waals surface area contributed by atoms with Crippen LogP contribution < -0.4 is 10.5 Å². The zero-order valence-electron chi connectivity index (χ0n) is 18.0. The van der Waals surface area contributed by atoms with E-state index in [9.17, 15) is 10.1 Å². The molecule has 3 aromatic rings. The van der Waals surface area contributed by atoms with Crippen molar-refractivity contribution < 1.29 is 0 Å². The van der Waals surface area contributed by atoms with E-state index in [1.807, 2.05) is 0 Å². The Morgan fingerprint density at radius 2 is 1.97 bits per heavy atom. The highest BCUT2D eigenvalue weighted by atomic mass is 16.1. The van der Waals surface area contributed by atoms with E-state index in [0.29, 0.717) is 29.8 Å². The summed E-state index contributed by atoms with van der Waals surface area (Å²) in [6, 6.07) is 14.2. The van der Waals surface area contributed by atoms with Crippen LogP contribution in [0.2, 0.25) is 0 Å². The first-order valence-corrected chi connectivity index (χ1v) is 10.3. The number of hydrogen-bond donors (Lipinski definition) is 0. The molecule has 0 saturated carbocycles. The van der Waals surface area contributed by atoms with Gasteiger partial charge in [-0.1, -0.05) is 36.4 Å². The molecule has 7 nitrogen and oxygen atoms in total. The Morgan fingerprint density at radius 3 is 2.61 bits per heavy atom. The van der Waals surface area contributed by atoms with Gasteiger partial charge >= 0.3 is 0 Å². The minimum Gasteiger partial charge on any atom is -0.364 e. The van der Waals surface area contributed by atoms with Crippen LogP contribution in [0.3, 0.4) is 0 Å². The van der Waals surface area contributed by atoms with Crippen LogP contribution in [0.25, 0.3) is 15.9 Å². The quantitative estimate of drug-likeness (QED) is 0.617. The summed E-state index contributed by atoms with van der Waals surface area (Å²) in [5.74, 6) is 0.252. The number of rotatable bonds is 3. The van der Waals surface area contributed by atoms with Crippen molar-refractivity contribution in [1.82, 2.24) is 14.5 Å². The van der Waals surface area contributed by atoms with Crippen LogP contribution in [-0.2, 0) is 13.6 Å². The topological polar surface area (TPSA) is 69.5 Å². The molecule has 0 N–H and O–H groups in total. The Hall–Kier alpha value is -3.68. The lowest BCUT2D eigenvalue weighted by atomic mass is 10.1. The van der Waals surface area contributed by atoms with E-state index in [1.165, 1.54) is 15.7 Å². The molecule has 3 heterocycles. The SMILES string of the molecule is [C-]#[N+]c1ccc2c(n1)c(N1CCN(Cc3ccc(C)cc3)[C@H](C)C1)c(C#N)c(=O)n2C. The van der Waals surface area contributed by atoms with Crippen LogP contribution in [0.4, 0.5) is 11.5 Å². The van der Waals surface area contributed by atoms with E-state index in [4.69, 9.17) is 6.57 Å². The first-order chi connectivity index (χ1) is 14.9. The number of piperazine rings is 1. The standard InChI is InChI=1S/C24H24N6O/c1-16-5-7-18(8-6-16)15-29-11-12-30(14-17(29)2)23-19(13-25)24(31)28(4)20-9-10-21(26-3)27-22(20)23/h5-10,17H,11-12,14-15H2,1-2,4H3/t17-/m1/s1. The normalized spacial score (nSPS) is 16.8. The van der Waals surface area contributed by atoms with Crippen LogP contribution >= 0.6 is 0 Å². The van der Waals surface area contributed by atoms with E-state index >= 15 is 0 Å². The number of fused-ring (bicyclic) bond motifs is 1. The highest BCUT2D eigenvalue weighted by Gasteiger charge is 2.30. The molecule has 156 valence electrons. The van der Waals surface area contributed by atoms with Gasteiger partial charge in [-0.3, -0.25) is 9.69 Å². The highest BCUT2D eigenvalue weighted by molar-refractivity contribution is 5.92. The van der Waals surface area contributed by atoms with Gasteiger partial charge in [0.25, 0.3) is 11.4 Å². The number of aromatic nitrogens is 2. The summed E-state index contributed by atoms with van der Waals surface area (Å²) in [6.45, 7) is 14.6. The van der Waals surface area contributed by atoms with Crippen molar-refractivity contribution in [3.8, 4) is 6.07 Å². The zero-order valence-corrected chi connectivity index (χ0v) is 18.0. The number of benzene rings is 1. The van der Waals surface area contributed by atoms with Gasteiger partial charge in [-0.25, -0.2) is 0 Å². The summed E-state index contributed by atoms with van der Waals surface area (Å²) < 4.78 is 1.44. The molecule has 31 heavy (non-hydrogen) atoms. The molecule has 0 spiro atoms. The van der Waals surface area contributed by atoms with E-state index in [0.717, 1.165) is 13.1 Å². The average molecular weight is 412 g/mol. The second-order valence-electron chi connectivity index (χ2n) is 8.10. The molecule has 1 aromatic carbocycles. The van der Waals surface area contributed by atoms with Gasteiger partial charge in [-0.15, -0.1) is 4.98 Å². The summed E-state index contributed by atoms with van der Waals surface area (Å²) in [4.78, 5) is 25.3. The Bertz CT molecular complexity index is 1280. The number of nitrogens with zero attached hydrogens (tertiary/aromatic N) is 6. The lowest BCUT2D eigenvalue weighted by Crippen LogP contribution is -2.52. The van der Waals surface area contributed by atoms with E-state index in [-0.39, 0.29) is 23.0 Å². The van der Waals surface area contributed by atoms with Crippen LogP contribution in [-0.4, -0.2) is 40.1 Å². The van der Waals surface area contributed by atoms with Gasteiger partial charge in [-0.2, -0.15) is 5.26 Å². The summed E-state index contributed by atoms with van der Waals surface area (Å²) in [5, 5.41) is 9.79.